The van der Waals surface area contributed by atoms with E-state index in [-0.39, 0.29) is 6.10 Å². The summed E-state index contributed by atoms with van der Waals surface area (Å²) in [4.78, 5) is 11.0. The van der Waals surface area contributed by atoms with Crippen LogP contribution >= 0.6 is 0 Å². The number of phenols is 1. The van der Waals surface area contributed by atoms with E-state index in [0.717, 1.165) is 50.3 Å². The summed E-state index contributed by atoms with van der Waals surface area (Å²) in [6.45, 7) is 1.81. The number of nitrogen functional groups attached to an aromatic ring is 1. The summed E-state index contributed by atoms with van der Waals surface area (Å²) in [6, 6.07) is 9.59. The van der Waals surface area contributed by atoms with Crippen LogP contribution in [0.3, 0.4) is 0 Å². The highest BCUT2D eigenvalue weighted by Crippen LogP contribution is 2.38. The number of aliphatic hydroxyl groups is 1. The van der Waals surface area contributed by atoms with E-state index in [4.69, 9.17) is 5.73 Å². The topological polar surface area (TPSA) is 95.5 Å². The SMILES string of the molecule is Nc1nc(C2CC(O)C2)cc(N2CCC(c3cccc(O)c3)CC2)n1. The van der Waals surface area contributed by atoms with Gasteiger partial charge in [-0.2, -0.15) is 4.98 Å². The third-order valence-corrected chi connectivity index (χ3v) is 5.44. The Morgan fingerprint density at radius 3 is 2.48 bits per heavy atom. The molecule has 0 unspecified atom stereocenters. The number of hydrogen-bond acceptors (Lipinski definition) is 6. The molecule has 2 heterocycles. The normalized spacial score (nSPS) is 24.1. The zero-order valence-corrected chi connectivity index (χ0v) is 14.2. The first kappa shape index (κ1) is 16.1. The summed E-state index contributed by atoms with van der Waals surface area (Å²) < 4.78 is 0. The summed E-state index contributed by atoms with van der Waals surface area (Å²) in [5.74, 6) is 2.28. The Morgan fingerprint density at radius 2 is 1.80 bits per heavy atom. The molecule has 132 valence electrons. The quantitative estimate of drug-likeness (QED) is 0.794. The number of nitrogens with two attached hydrogens (primary N) is 1. The molecule has 0 spiro atoms. The summed E-state index contributed by atoms with van der Waals surface area (Å²) >= 11 is 0. The van der Waals surface area contributed by atoms with Crippen molar-refractivity contribution in [3.8, 4) is 5.75 Å². The van der Waals surface area contributed by atoms with E-state index in [1.54, 1.807) is 6.07 Å². The molecule has 4 rings (SSSR count). The third-order valence-electron chi connectivity index (χ3n) is 5.44. The van der Waals surface area contributed by atoms with Crippen molar-refractivity contribution in [2.24, 2.45) is 0 Å². The van der Waals surface area contributed by atoms with Crippen molar-refractivity contribution in [1.29, 1.82) is 0 Å². The Kier molecular flexibility index (Phi) is 4.21. The van der Waals surface area contributed by atoms with E-state index in [1.807, 2.05) is 18.2 Å². The second-order valence-corrected chi connectivity index (χ2v) is 7.19. The van der Waals surface area contributed by atoms with Gasteiger partial charge in [0.25, 0.3) is 0 Å². The molecule has 1 saturated heterocycles. The summed E-state index contributed by atoms with van der Waals surface area (Å²) in [6.07, 6.45) is 3.35. The predicted octanol–water partition coefficient (Wildman–Crippen LogP) is 2.39. The number of piperidine rings is 1. The third kappa shape index (κ3) is 3.39. The number of hydrogen-bond donors (Lipinski definition) is 3. The smallest absolute Gasteiger partial charge is 0.222 e. The van der Waals surface area contributed by atoms with Crippen molar-refractivity contribution in [2.75, 3.05) is 23.7 Å². The molecule has 1 aromatic heterocycles. The van der Waals surface area contributed by atoms with E-state index in [0.29, 0.717) is 23.5 Å². The predicted molar refractivity (Wildman–Crippen MR) is 96.7 cm³/mol. The highest BCUT2D eigenvalue weighted by atomic mass is 16.3. The van der Waals surface area contributed by atoms with Crippen LogP contribution in [0.5, 0.6) is 5.75 Å². The monoisotopic (exact) mass is 340 g/mol. The van der Waals surface area contributed by atoms with E-state index in [2.05, 4.69) is 20.9 Å². The Morgan fingerprint density at radius 1 is 1.04 bits per heavy atom. The first-order chi connectivity index (χ1) is 12.1. The lowest BCUT2D eigenvalue weighted by atomic mass is 9.80. The Labute approximate surface area is 147 Å². The van der Waals surface area contributed by atoms with E-state index >= 15 is 0 Å². The summed E-state index contributed by atoms with van der Waals surface area (Å²) in [7, 11) is 0. The molecular formula is C19H24N4O2. The van der Waals surface area contributed by atoms with Gasteiger partial charge in [0.15, 0.2) is 0 Å². The van der Waals surface area contributed by atoms with Gasteiger partial charge in [0.1, 0.15) is 11.6 Å². The Bertz CT molecular complexity index is 753. The first-order valence-electron chi connectivity index (χ1n) is 8.95. The summed E-state index contributed by atoms with van der Waals surface area (Å²) in [5.41, 5.74) is 8.06. The van der Waals surface area contributed by atoms with Crippen LogP contribution < -0.4 is 10.6 Å². The van der Waals surface area contributed by atoms with Crippen molar-refractivity contribution in [2.45, 2.75) is 43.6 Å². The molecule has 6 nitrogen and oxygen atoms in total. The number of nitrogens with zero attached hydrogens (tertiary/aromatic N) is 3. The standard InChI is InChI=1S/C19H24N4O2/c20-19-21-17(14-9-16(25)10-14)11-18(22-19)23-6-4-12(5-7-23)13-2-1-3-15(24)8-13/h1-3,8,11-12,14,16,24-25H,4-7,9-10H2,(H2,20,21,22). The fourth-order valence-corrected chi connectivity index (χ4v) is 3.89. The maximum absolute atomic E-state index is 9.68. The Balaban J connectivity index is 1.45. The van der Waals surface area contributed by atoms with E-state index < -0.39 is 0 Å². The van der Waals surface area contributed by atoms with Gasteiger partial charge in [-0.15, -0.1) is 0 Å². The average molecular weight is 340 g/mol. The molecule has 25 heavy (non-hydrogen) atoms. The molecule has 1 aliphatic carbocycles. The van der Waals surface area contributed by atoms with E-state index in [1.165, 1.54) is 5.56 Å². The molecule has 0 atom stereocenters. The lowest BCUT2D eigenvalue weighted by Gasteiger charge is -2.34. The molecule has 1 aliphatic heterocycles. The number of anilines is 2. The van der Waals surface area contributed by atoms with Crippen LogP contribution in [0.15, 0.2) is 30.3 Å². The van der Waals surface area contributed by atoms with E-state index in [9.17, 15) is 10.2 Å². The number of benzene rings is 1. The van der Waals surface area contributed by atoms with Crippen LogP contribution in [0.1, 0.15) is 48.8 Å². The molecule has 2 aromatic rings. The minimum absolute atomic E-state index is 0.206. The molecule has 0 radical (unpaired) electrons. The van der Waals surface area contributed by atoms with Gasteiger partial charge < -0.3 is 20.8 Å². The van der Waals surface area contributed by atoms with Gasteiger partial charge in [0.05, 0.1) is 11.8 Å². The van der Waals surface area contributed by atoms with Crippen LogP contribution in [-0.2, 0) is 0 Å². The minimum Gasteiger partial charge on any atom is -0.508 e. The number of aromatic nitrogens is 2. The van der Waals surface area contributed by atoms with Gasteiger partial charge in [-0.05, 0) is 49.3 Å². The largest absolute Gasteiger partial charge is 0.508 e. The molecule has 1 aromatic carbocycles. The number of phenolic OH excluding ortho intramolecular Hbond substituents is 1. The maximum atomic E-state index is 9.68. The second kappa shape index (κ2) is 6.52. The molecular weight excluding hydrogens is 316 g/mol. The molecule has 2 fully saturated rings. The fraction of sp³-hybridized carbons (Fsp3) is 0.474. The number of aliphatic hydroxyl groups excluding tert-OH is 1. The van der Waals surface area contributed by atoms with Crippen molar-refractivity contribution in [3.63, 3.8) is 0 Å². The number of aromatic hydroxyl groups is 1. The van der Waals surface area contributed by atoms with Crippen LogP contribution in [-0.4, -0.2) is 39.4 Å². The van der Waals surface area contributed by atoms with Gasteiger partial charge >= 0.3 is 0 Å². The number of rotatable bonds is 3. The van der Waals surface area contributed by atoms with Crippen molar-refractivity contribution < 1.29 is 10.2 Å². The molecule has 4 N–H and O–H groups in total. The lowest BCUT2D eigenvalue weighted by Crippen LogP contribution is -2.34. The first-order valence-corrected chi connectivity index (χ1v) is 8.95. The fourth-order valence-electron chi connectivity index (χ4n) is 3.89. The highest BCUT2D eigenvalue weighted by molar-refractivity contribution is 5.45. The van der Waals surface area contributed by atoms with Crippen molar-refractivity contribution in [1.82, 2.24) is 9.97 Å². The van der Waals surface area contributed by atoms with Crippen molar-refractivity contribution in [3.05, 3.63) is 41.6 Å². The molecule has 2 aliphatic rings. The zero-order chi connectivity index (χ0) is 17.4. The van der Waals surface area contributed by atoms with Crippen LogP contribution in [0.25, 0.3) is 0 Å². The van der Waals surface area contributed by atoms with Crippen LogP contribution in [0, 0.1) is 0 Å². The molecule has 1 saturated carbocycles. The van der Waals surface area contributed by atoms with Gasteiger partial charge in [0, 0.05) is 25.1 Å². The van der Waals surface area contributed by atoms with Gasteiger partial charge in [-0.1, -0.05) is 12.1 Å². The lowest BCUT2D eigenvalue weighted by molar-refractivity contribution is 0.0732. The molecule has 6 heteroatoms. The van der Waals surface area contributed by atoms with Gasteiger partial charge in [-0.3, -0.25) is 0 Å². The highest BCUT2D eigenvalue weighted by Gasteiger charge is 2.31. The van der Waals surface area contributed by atoms with Crippen LogP contribution in [0.4, 0.5) is 11.8 Å². The minimum atomic E-state index is -0.206. The van der Waals surface area contributed by atoms with Gasteiger partial charge in [0.2, 0.25) is 5.95 Å². The maximum Gasteiger partial charge on any atom is 0.222 e. The molecule has 0 amide bonds. The Hall–Kier alpha value is -2.34. The van der Waals surface area contributed by atoms with Crippen molar-refractivity contribution >= 4 is 11.8 Å². The molecule has 0 bridgehead atoms. The van der Waals surface area contributed by atoms with Gasteiger partial charge in [-0.25, -0.2) is 4.98 Å². The zero-order valence-electron chi connectivity index (χ0n) is 14.2. The average Bonchev–Trinajstić information content (AvgIpc) is 2.58. The summed E-state index contributed by atoms with van der Waals surface area (Å²) in [5, 5.41) is 19.2. The van der Waals surface area contributed by atoms with Crippen LogP contribution in [0.2, 0.25) is 0 Å². The second-order valence-electron chi connectivity index (χ2n) is 7.19.